The number of nitrogens with zero attached hydrogens (tertiary/aromatic N) is 1. The molecule has 1 saturated heterocycles. The summed E-state index contributed by atoms with van der Waals surface area (Å²) in [7, 11) is 1.61. The van der Waals surface area contributed by atoms with Crippen molar-refractivity contribution in [3.63, 3.8) is 0 Å². The minimum Gasteiger partial charge on any atom is -0.497 e. The van der Waals surface area contributed by atoms with E-state index in [-0.39, 0.29) is 11.9 Å². The maximum Gasteiger partial charge on any atom is 0.255 e. The maximum atomic E-state index is 13.2. The highest BCUT2D eigenvalue weighted by Crippen LogP contribution is 2.39. The number of rotatable bonds is 3. The van der Waals surface area contributed by atoms with Crippen LogP contribution in [-0.2, 0) is 0 Å². The van der Waals surface area contributed by atoms with Crippen LogP contribution >= 0.6 is 15.9 Å². The molecule has 6 heteroatoms. The molecule has 2 aromatic rings. The second-order valence-corrected chi connectivity index (χ2v) is 7.61. The molecule has 1 amide bonds. The fourth-order valence-corrected chi connectivity index (χ4v) is 4.11. The van der Waals surface area contributed by atoms with Crippen LogP contribution in [0, 0.1) is 0 Å². The van der Waals surface area contributed by atoms with Gasteiger partial charge in [-0.05, 0) is 64.7 Å². The lowest BCUT2D eigenvalue weighted by Gasteiger charge is -2.26. The van der Waals surface area contributed by atoms with Gasteiger partial charge in [0.25, 0.3) is 5.91 Å². The number of halogens is 1. The van der Waals surface area contributed by atoms with E-state index in [1.165, 1.54) is 0 Å². The summed E-state index contributed by atoms with van der Waals surface area (Å²) in [6.07, 6.45) is 2.79. The Labute approximate surface area is 167 Å². The molecule has 27 heavy (non-hydrogen) atoms. The van der Waals surface area contributed by atoms with Crippen molar-refractivity contribution in [1.82, 2.24) is 4.90 Å². The molecule has 0 saturated carbocycles. The normalized spacial score (nSPS) is 18.9. The van der Waals surface area contributed by atoms with E-state index in [1.54, 1.807) is 13.2 Å². The molecule has 2 aliphatic heterocycles. The van der Waals surface area contributed by atoms with Crippen LogP contribution in [0.2, 0.25) is 0 Å². The van der Waals surface area contributed by atoms with Gasteiger partial charge in [-0.3, -0.25) is 4.79 Å². The molecule has 5 nitrogen and oxygen atoms in total. The molecular weight excluding hydrogens is 410 g/mol. The fourth-order valence-electron chi connectivity index (χ4n) is 3.69. The van der Waals surface area contributed by atoms with Crippen LogP contribution in [0.3, 0.4) is 0 Å². The van der Waals surface area contributed by atoms with Crippen molar-refractivity contribution in [1.29, 1.82) is 0 Å². The standard InChI is InChI=1S/C21H22BrNO4/c1-25-15-6-7-17(22)16(13-15)21(24)23-9-2-4-18(23)14-5-8-19-20(12-14)27-11-3-10-26-19/h5-8,12-13,18H,2-4,9-11H2,1H3. The summed E-state index contributed by atoms with van der Waals surface area (Å²) in [4.78, 5) is 15.2. The molecule has 0 N–H and O–H groups in total. The first-order valence-corrected chi connectivity index (χ1v) is 10.0. The van der Waals surface area contributed by atoms with Crippen LogP contribution < -0.4 is 14.2 Å². The first-order valence-electron chi connectivity index (χ1n) is 9.21. The molecule has 0 aliphatic carbocycles. The zero-order chi connectivity index (χ0) is 18.8. The Balaban J connectivity index is 1.63. The largest absolute Gasteiger partial charge is 0.497 e. The lowest BCUT2D eigenvalue weighted by Crippen LogP contribution is -2.30. The number of fused-ring (bicyclic) bond motifs is 1. The van der Waals surface area contributed by atoms with Gasteiger partial charge in [-0.25, -0.2) is 0 Å². The van der Waals surface area contributed by atoms with Crippen LogP contribution in [0.4, 0.5) is 0 Å². The molecule has 1 atom stereocenters. The number of benzene rings is 2. The lowest BCUT2D eigenvalue weighted by atomic mass is 10.0. The van der Waals surface area contributed by atoms with Crippen molar-refractivity contribution in [3.05, 3.63) is 52.0 Å². The van der Waals surface area contributed by atoms with Gasteiger partial charge in [0.2, 0.25) is 0 Å². The molecule has 1 unspecified atom stereocenters. The van der Waals surface area contributed by atoms with Gasteiger partial charge in [-0.1, -0.05) is 6.07 Å². The quantitative estimate of drug-likeness (QED) is 0.712. The van der Waals surface area contributed by atoms with Crippen LogP contribution in [-0.4, -0.2) is 37.7 Å². The van der Waals surface area contributed by atoms with Gasteiger partial charge in [0, 0.05) is 17.4 Å². The van der Waals surface area contributed by atoms with E-state index in [2.05, 4.69) is 15.9 Å². The molecule has 2 aliphatic rings. The summed E-state index contributed by atoms with van der Waals surface area (Å²) in [5.41, 5.74) is 1.71. The predicted molar refractivity (Wildman–Crippen MR) is 106 cm³/mol. The Morgan fingerprint density at radius 2 is 1.93 bits per heavy atom. The fraction of sp³-hybridized carbons (Fsp3) is 0.381. The summed E-state index contributed by atoms with van der Waals surface area (Å²) < 4.78 is 17.6. The zero-order valence-corrected chi connectivity index (χ0v) is 16.8. The van der Waals surface area contributed by atoms with Gasteiger partial charge in [0.05, 0.1) is 31.9 Å². The number of hydrogen-bond acceptors (Lipinski definition) is 4. The smallest absolute Gasteiger partial charge is 0.255 e. The summed E-state index contributed by atoms with van der Waals surface area (Å²) in [5, 5.41) is 0. The first-order chi connectivity index (χ1) is 13.2. The monoisotopic (exact) mass is 431 g/mol. The number of hydrogen-bond donors (Lipinski definition) is 0. The number of methoxy groups -OCH3 is 1. The van der Waals surface area contributed by atoms with Gasteiger partial charge in [0.15, 0.2) is 11.5 Å². The van der Waals surface area contributed by atoms with Crippen molar-refractivity contribution in [2.75, 3.05) is 26.9 Å². The SMILES string of the molecule is COc1ccc(Br)c(C(=O)N2CCCC2c2ccc3c(c2)OCCCO3)c1. The summed E-state index contributed by atoms with van der Waals surface area (Å²) in [5.74, 6) is 2.23. The Hall–Kier alpha value is -2.21. The average molecular weight is 432 g/mol. The van der Waals surface area contributed by atoms with E-state index in [9.17, 15) is 4.79 Å². The van der Waals surface area contributed by atoms with Gasteiger partial charge in [-0.2, -0.15) is 0 Å². The topological polar surface area (TPSA) is 48.0 Å². The van der Waals surface area contributed by atoms with Crippen molar-refractivity contribution >= 4 is 21.8 Å². The van der Waals surface area contributed by atoms with Crippen molar-refractivity contribution in [3.8, 4) is 17.2 Å². The van der Waals surface area contributed by atoms with Crippen LogP contribution in [0.5, 0.6) is 17.2 Å². The number of carbonyl (C=O) groups is 1. The molecule has 0 spiro atoms. The minimum absolute atomic E-state index is 0.00962. The first kappa shape index (κ1) is 18.2. The van der Waals surface area contributed by atoms with Crippen molar-refractivity contribution < 1.29 is 19.0 Å². The zero-order valence-electron chi connectivity index (χ0n) is 15.2. The van der Waals surface area contributed by atoms with E-state index in [1.807, 2.05) is 35.2 Å². The third-order valence-corrected chi connectivity index (χ3v) is 5.77. The molecule has 0 bridgehead atoms. The van der Waals surface area contributed by atoms with Gasteiger partial charge < -0.3 is 19.1 Å². The average Bonchev–Trinajstić information content (AvgIpc) is 3.06. The van der Waals surface area contributed by atoms with Crippen molar-refractivity contribution in [2.45, 2.75) is 25.3 Å². The minimum atomic E-state index is 0.00962. The van der Waals surface area contributed by atoms with E-state index in [4.69, 9.17) is 14.2 Å². The molecule has 0 aromatic heterocycles. The third-order valence-electron chi connectivity index (χ3n) is 5.07. The number of ether oxygens (including phenoxy) is 3. The van der Waals surface area contributed by atoms with Gasteiger partial charge in [0.1, 0.15) is 5.75 Å². The second kappa shape index (κ2) is 7.80. The molecule has 0 radical (unpaired) electrons. The van der Waals surface area contributed by atoms with E-state index in [0.29, 0.717) is 24.5 Å². The number of amides is 1. The second-order valence-electron chi connectivity index (χ2n) is 6.76. The third kappa shape index (κ3) is 3.63. The molecular formula is C21H22BrNO4. The number of likely N-dealkylation sites (tertiary alicyclic amines) is 1. The van der Waals surface area contributed by atoms with E-state index >= 15 is 0 Å². The highest BCUT2D eigenvalue weighted by molar-refractivity contribution is 9.10. The maximum absolute atomic E-state index is 13.2. The summed E-state index contributed by atoms with van der Waals surface area (Å²) in [6, 6.07) is 11.5. The van der Waals surface area contributed by atoms with Crippen LogP contribution in [0.1, 0.15) is 41.2 Å². The predicted octanol–water partition coefficient (Wildman–Crippen LogP) is 4.60. The Morgan fingerprint density at radius 1 is 1.11 bits per heavy atom. The molecule has 1 fully saturated rings. The molecule has 2 heterocycles. The Bertz CT molecular complexity index is 854. The number of carbonyl (C=O) groups excluding carboxylic acids is 1. The van der Waals surface area contributed by atoms with Gasteiger partial charge >= 0.3 is 0 Å². The molecule has 4 rings (SSSR count). The van der Waals surface area contributed by atoms with Crippen LogP contribution in [0.15, 0.2) is 40.9 Å². The summed E-state index contributed by atoms with van der Waals surface area (Å²) >= 11 is 3.50. The molecule has 142 valence electrons. The Morgan fingerprint density at radius 3 is 2.74 bits per heavy atom. The molecule has 2 aromatic carbocycles. The van der Waals surface area contributed by atoms with E-state index in [0.717, 1.165) is 47.3 Å². The van der Waals surface area contributed by atoms with Gasteiger partial charge in [-0.15, -0.1) is 0 Å². The highest BCUT2D eigenvalue weighted by Gasteiger charge is 2.32. The van der Waals surface area contributed by atoms with Crippen molar-refractivity contribution in [2.24, 2.45) is 0 Å². The highest BCUT2D eigenvalue weighted by atomic mass is 79.9. The lowest BCUT2D eigenvalue weighted by molar-refractivity contribution is 0.0734. The van der Waals surface area contributed by atoms with E-state index < -0.39 is 0 Å². The summed E-state index contributed by atoms with van der Waals surface area (Å²) in [6.45, 7) is 2.06. The Kier molecular flexibility index (Phi) is 5.25. The van der Waals surface area contributed by atoms with Crippen LogP contribution in [0.25, 0.3) is 0 Å².